The number of carbonyl (C=O) groups is 1. The van der Waals surface area contributed by atoms with Crippen molar-refractivity contribution in [3.63, 3.8) is 0 Å². The number of pyridine rings is 1. The zero-order valence-corrected chi connectivity index (χ0v) is 10.3. The molecule has 1 aliphatic rings. The van der Waals surface area contributed by atoms with Crippen LogP contribution in [0.25, 0.3) is 0 Å². The van der Waals surface area contributed by atoms with Gasteiger partial charge in [0.1, 0.15) is 5.82 Å². The second-order valence-corrected chi connectivity index (χ2v) is 4.32. The van der Waals surface area contributed by atoms with Gasteiger partial charge in [-0.25, -0.2) is 9.78 Å². The minimum atomic E-state index is -1.17. The smallest absolute Gasteiger partial charge is 0.356 e. The molecule has 0 aliphatic carbocycles. The molecule has 1 saturated heterocycles. The van der Waals surface area contributed by atoms with E-state index in [2.05, 4.69) is 4.98 Å². The highest BCUT2D eigenvalue weighted by Gasteiger charge is 2.24. The maximum atomic E-state index is 11.0. The lowest BCUT2D eigenvalue weighted by Gasteiger charge is -2.35. The quantitative estimate of drug-likeness (QED) is 0.840. The molecule has 1 aromatic rings. The number of aliphatic hydroxyl groups is 1. The van der Waals surface area contributed by atoms with Crippen molar-refractivity contribution >= 4 is 23.4 Å². The van der Waals surface area contributed by atoms with Gasteiger partial charge >= 0.3 is 5.97 Å². The summed E-state index contributed by atoms with van der Waals surface area (Å²) in [7, 11) is 0. The summed E-state index contributed by atoms with van der Waals surface area (Å²) in [4.78, 5) is 16.8. The Morgan fingerprint density at radius 3 is 3.06 bits per heavy atom. The van der Waals surface area contributed by atoms with Gasteiger partial charge in [-0.3, -0.25) is 0 Å². The summed E-state index contributed by atoms with van der Waals surface area (Å²) in [5.41, 5.74) is -0.183. The summed E-state index contributed by atoms with van der Waals surface area (Å²) in [6.07, 6.45) is 0. The number of morpholine rings is 1. The fourth-order valence-electron chi connectivity index (χ4n) is 1.85. The number of aromatic nitrogens is 1. The number of aromatic carboxylic acids is 1. The first-order valence-electron chi connectivity index (χ1n) is 5.48. The first-order chi connectivity index (χ1) is 8.63. The maximum absolute atomic E-state index is 11.0. The van der Waals surface area contributed by atoms with Gasteiger partial charge in [-0.15, -0.1) is 0 Å². The molecule has 1 atom stereocenters. The topological polar surface area (TPSA) is 82.9 Å². The molecule has 98 valence electrons. The van der Waals surface area contributed by atoms with Crippen LogP contribution in [0.4, 0.5) is 5.82 Å². The molecule has 7 heteroatoms. The largest absolute Gasteiger partial charge is 0.476 e. The van der Waals surface area contributed by atoms with Gasteiger partial charge in [0.05, 0.1) is 30.9 Å². The van der Waals surface area contributed by atoms with Gasteiger partial charge in [-0.2, -0.15) is 0 Å². The summed E-state index contributed by atoms with van der Waals surface area (Å²) in [5.74, 6) is -0.685. The molecule has 6 nitrogen and oxygen atoms in total. The van der Waals surface area contributed by atoms with E-state index in [1.165, 1.54) is 6.07 Å². The van der Waals surface area contributed by atoms with Gasteiger partial charge < -0.3 is 19.8 Å². The van der Waals surface area contributed by atoms with Crippen molar-refractivity contribution in [2.45, 2.75) is 6.04 Å². The number of nitrogens with zero attached hydrogens (tertiary/aromatic N) is 2. The molecular formula is C11H13ClN2O4. The van der Waals surface area contributed by atoms with Crippen molar-refractivity contribution in [2.75, 3.05) is 31.3 Å². The van der Waals surface area contributed by atoms with Crippen LogP contribution in [0.15, 0.2) is 12.1 Å². The Bertz CT molecular complexity index is 455. The molecule has 0 saturated carbocycles. The van der Waals surface area contributed by atoms with Crippen LogP contribution in [-0.2, 0) is 4.74 Å². The van der Waals surface area contributed by atoms with Crippen LogP contribution in [0.5, 0.6) is 0 Å². The van der Waals surface area contributed by atoms with Gasteiger partial charge in [-0.1, -0.05) is 11.6 Å². The Balaban J connectivity index is 2.32. The Kier molecular flexibility index (Phi) is 4.00. The van der Waals surface area contributed by atoms with Crippen molar-refractivity contribution in [1.29, 1.82) is 0 Å². The fraction of sp³-hybridized carbons (Fsp3) is 0.455. The Morgan fingerprint density at radius 1 is 1.61 bits per heavy atom. The van der Waals surface area contributed by atoms with Gasteiger partial charge in [-0.05, 0) is 12.1 Å². The number of halogens is 1. The molecule has 2 rings (SSSR count). The molecule has 0 bridgehead atoms. The Labute approximate surface area is 109 Å². The number of aliphatic hydroxyl groups excluding tert-OH is 1. The molecule has 1 aliphatic heterocycles. The predicted octanol–water partition coefficient (Wildman–Crippen LogP) is 0.631. The summed E-state index contributed by atoms with van der Waals surface area (Å²) < 4.78 is 5.25. The lowest BCUT2D eigenvalue weighted by Crippen LogP contribution is -2.48. The highest BCUT2D eigenvalue weighted by Crippen LogP contribution is 2.22. The highest BCUT2D eigenvalue weighted by molar-refractivity contribution is 6.33. The normalized spacial score (nSPS) is 19.9. The number of carboxylic acids is 1. The average Bonchev–Trinajstić information content (AvgIpc) is 2.39. The molecule has 2 N–H and O–H groups in total. The summed E-state index contributed by atoms with van der Waals surface area (Å²) in [5, 5.41) is 18.3. The van der Waals surface area contributed by atoms with Crippen LogP contribution in [0, 0.1) is 0 Å². The molecule has 1 fully saturated rings. The van der Waals surface area contributed by atoms with E-state index in [1.54, 1.807) is 6.07 Å². The van der Waals surface area contributed by atoms with Crippen molar-refractivity contribution < 1.29 is 19.7 Å². The highest BCUT2D eigenvalue weighted by atomic mass is 35.5. The first kappa shape index (κ1) is 13.1. The van der Waals surface area contributed by atoms with E-state index in [1.807, 2.05) is 4.90 Å². The molecular weight excluding hydrogens is 260 g/mol. The zero-order chi connectivity index (χ0) is 13.1. The van der Waals surface area contributed by atoms with Gasteiger partial charge in [0.15, 0.2) is 5.69 Å². The van der Waals surface area contributed by atoms with Crippen LogP contribution in [0.3, 0.4) is 0 Å². The van der Waals surface area contributed by atoms with Crippen LogP contribution in [-0.4, -0.2) is 53.6 Å². The number of anilines is 1. The lowest BCUT2D eigenvalue weighted by molar-refractivity contribution is 0.0688. The van der Waals surface area contributed by atoms with Crippen LogP contribution in [0.2, 0.25) is 5.02 Å². The zero-order valence-electron chi connectivity index (χ0n) is 9.54. The van der Waals surface area contributed by atoms with Gasteiger partial charge in [0.2, 0.25) is 0 Å². The molecule has 1 unspecified atom stereocenters. The van der Waals surface area contributed by atoms with Gasteiger partial charge in [0.25, 0.3) is 0 Å². The summed E-state index contributed by atoms with van der Waals surface area (Å²) >= 11 is 5.76. The number of ether oxygens (including phenoxy) is 1. The van der Waals surface area contributed by atoms with E-state index in [9.17, 15) is 9.90 Å². The standard InChI is InChI=1S/C11H13ClN2O4/c12-8-1-2-9(13-10(8)11(16)17)14-3-4-18-6-7(14)5-15/h1-2,7,15H,3-6H2,(H,16,17). The average molecular weight is 273 g/mol. The minimum Gasteiger partial charge on any atom is -0.476 e. The van der Waals surface area contributed by atoms with Gasteiger partial charge in [0, 0.05) is 6.54 Å². The molecule has 0 radical (unpaired) electrons. The second kappa shape index (κ2) is 5.51. The molecule has 0 spiro atoms. The Hall–Kier alpha value is -1.37. The second-order valence-electron chi connectivity index (χ2n) is 3.91. The summed E-state index contributed by atoms with van der Waals surface area (Å²) in [6, 6.07) is 2.93. The predicted molar refractivity (Wildman–Crippen MR) is 65.2 cm³/mol. The summed E-state index contributed by atoms with van der Waals surface area (Å²) in [6.45, 7) is 1.39. The van der Waals surface area contributed by atoms with E-state index in [0.717, 1.165) is 0 Å². The van der Waals surface area contributed by atoms with Crippen LogP contribution in [0.1, 0.15) is 10.5 Å². The fourth-order valence-corrected chi connectivity index (χ4v) is 2.04. The molecule has 0 amide bonds. The molecule has 18 heavy (non-hydrogen) atoms. The lowest BCUT2D eigenvalue weighted by atomic mass is 10.2. The van der Waals surface area contributed by atoms with Crippen molar-refractivity contribution in [3.05, 3.63) is 22.8 Å². The third-order valence-corrected chi connectivity index (χ3v) is 3.07. The van der Waals surface area contributed by atoms with Crippen molar-refractivity contribution in [2.24, 2.45) is 0 Å². The minimum absolute atomic E-state index is 0.0767. The number of carboxylic acid groups (broad SMARTS) is 1. The van der Waals surface area contributed by atoms with Crippen LogP contribution >= 0.6 is 11.6 Å². The van der Waals surface area contributed by atoms with E-state index in [-0.39, 0.29) is 23.4 Å². The number of hydrogen-bond donors (Lipinski definition) is 2. The maximum Gasteiger partial charge on any atom is 0.356 e. The molecule has 0 aromatic carbocycles. The third kappa shape index (κ3) is 2.55. The van der Waals surface area contributed by atoms with E-state index in [0.29, 0.717) is 25.6 Å². The van der Waals surface area contributed by atoms with E-state index in [4.69, 9.17) is 21.4 Å². The van der Waals surface area contributed by atoms with Crippen molar-refractivity contribution in [1.82, 2.24) is 4.98 Å². The van der Waals surface area contributed by atoms with E-state index < -0.39 is 5.97 Å². The Morgan fingerprint density at radius 2 is 2.39 bits per heavy atom. The SMILES string of the molecule is O=C(O)c1nc(N2CCOCC2CO)ccc1Cl. The third-order valence-electron chi connectivity index (χ3n) is 2.77. The molecule has 1 aromatic heterocycles. The van der Waals surface area contributed by atoms with Crippen LogP contribution < -0.4 is 4.90 Å². The first-order valence-corrected chi connectivity index (χ1v) is 5.86. The molecule has 2 heterocycles. The van der Waals surface area contributed by atoms with Crippen molar-refractivity contribution in [3.8, 4) is 0 Å². The monoisotopic (exact) mass is 272 g/mol. The number of rotatable bonds is 3. The number of hydrogen-bond acceptors (Lipinski definition) is 5. The van der Waals surface area contributed by atoms with E-state index >= 15 is 0 Å².